The third-order valence-corrected chi connectivity index (χ3v) is 4.71. The van der Waals surface area contributed by atoms with Crippen molar-refractivity contribution in [1.29, 1.82) is 0 Å². The fourth-order valence-electron chi connectivity index (χ4n) is 3.06. The SMILES string of the molecule is COc1cccc(C(=O)Nc2oc3ccc(Cl)cc3c(=O)c2-c2ccccc2)c1. The van der Waals surface area contributed by atoms with Gasteiger partial charge in [-0.3, -0.25) is 14.9 Å². The number of hydrogen-bond donors (Lipinski definition) is 1. The maximum atomic E-state index is 13.2. The van der Waals surface area contributed by atoms with Gasteiger partial charge in [-0.2, -0.15) is 0 Å². The molecular formula is C23H16ClNO4. The summed E-state index contributed by atoms with van der Waals surface area (Å²) in [6.45, 7) is 0. The number of amides is 1. The number of benzene rings is 3. The summed E-state index contributed by atoms with van der Waals surface area (Å²) in [7, 11) is 1.53. The molecule has 0 saturated heterocycles. The predicted octanol–water partition coefficient (Wildman–Crippen LogP) is 5.37. The van der Waals surface area contributed by atoms with Crippen LogP contribution in [0.3, 0.4) is 0 Å². The first-order valence-corrected chi connectivity index (χ1v) is 9.22. The third kappa shape index (κ3) is 3.73. The number of carbonyl (C=O) groups is 1. The lowest BCUT2D eigenvalue weighted by atomic mass is 10.0. The van der Waals surface area contributed by atoms with Gasteiger partial charge < -0.3 is 9.15 Å². The van der Waals surface area contributed by atoms with Crippen LogP contribution in [0.15, 0.2) is 82.0 Å². The lowest BCUT2D eigenvalue weighted by molar-refractivity contribution is 0.102. The highest BCUT2D eigenvalue weighted by molar-refractivity contribution is 6.31. The van der Waals surface area contributed by atoms with Crippen LogP contribution in [0.2, 0.25) is 5.02 Å². The first kappa shape index (κ1) is 18.8. The molecule has 1 amide bonds. The van der Waals surface area contributed by atoms with Gasteiger partial charge in [-0.25, -0.2) is 0 Å². The van der Waals surface area contributed by atoms with E-state index in [-0.39, 0.29) is 16.9 Å². The molecule has 0 bridgehead atoms. The van der Waals surface area contributed by atoms with Crippen LogP contribution >= 0.6 is 11.6 Å². The van der Waals surface area contributed by atoms with Gasteiger partial charge in [0.05, 0.1) is 18.1 Å². The molecule has 29 heavy (non-hydrogen) atoms. The van der Waals surface area contributed by atoms with E-state index >= 15 is 0 Å². The molecule has 1 aromatic heterocycles. The van der Waals surface area contributed by atoms with E-state index in [1.165, 1.54) is 7.11 Å². The third-order valence-electron chi connectivity index (χ3n) is 4.47. The topological polar surface area (TPSA) is 68.5 Å². The van der Waals surface area contributed by atoms with Gasteiger partial charge in [-0.15, -0.1) is 0 Å². The highest BCUT2D eigenvalue weighted by Gasteiger charge is 2.19. The molecule has 0 aliphatic carbocycles. The van der Waals surface area contributed by atoms with Crippen molar-refractivity contribution < 1.29 is 13.9 Å². The number of halogens is 1. The Morgan fingerprint density at radius 2 is 1.79 bits per heavy atom. The van der Waals surface area contributed by atoms with Crippen molar-refractivity contribution in [3.05, 3.63) is 93.6 Å². The molecule has 0 aliphatic rings. The van der Waals surface area contributed by atoms with Crippen molar-refractivity contribution in [2.75, 3.05) is 12.4 Å². The molecule has 0 unspecified atom stereocenters. The summed E-state index contributed by atoms with van der Waals surface area (Å²) in [6.07, 6.45) is 0. The fourth-order valence-corrected chi connectivity index (χ4v) is 3.23. The van der Waals surface area contributed by atoms with Crippen molar-refractivity contribution in [1.82, 2.24) is 0 Å². The van der Waals surface area contributed by atoms with Crippen LogP contribution in [0.25, 0.3) is 22.1 Å². The van der Waals surface area contributed by atoms with Crippen molar-refractivity contribution in [2.45, 2.75) is 0 Å². The van der Waals surface area contributed by atoms with Crippen LogP contribution in [0.5, 0.6) is 5.75 Å². The average molecular weight is 406 g/mol. The van der Waals surface area contributed by atoms with Gasteiger partial charge in [0, 0.05) is 10.6 Å². The molecule has 1 heterocycles. The zero-order valence-electron chi connectivity index (χ0n) is 15.4. The summed E-state index contributed by atoms with van der Waals surface area (Å²) in [4.78, 5) is 26.0. The van der Waals surface area contributed by atoms with E-state index in [0.29, 0.717) is 32.9 Å². The molecule has 0 fully saturated rings. The minimum Gasteiger partial charge on any atom is -0.497 e. The maximum Gasteiger partial charge on any atom is 0.258 e. The van der Waals surface area contributed by atoms with Crippen LogP contribution in [-0.4, -0.2) is 13.0 Å². The Morgan fingerprint density at radius 1 is 1.00 bits per heavy atom. The molecule has 5 nitrogen and oxygen atoms in total. The minimum absolute atomic E-state index is 0.0730. The second-order valence-electron chi connectivity index (χ2n) is 6.33. The van der Waals surface area contributed by atoms with E-state index in [9.17, 15) is 9.59 Å². The van der Waals surface area contributed by atoms with Gasteiger partial charge in [0.15, 0.2) is 0 Å². The van der Waals surface area contributed by atoms with E-state index in [0.717, 1.165) is 0 Å². The van der Waals surface area contributed by atoms with Gasteiger partial charge in [-0.1, -0.05) is 48.0 Å². The van der Waals surface area contributed by atoms with Gasteiger partial charge in [0.1, 0.15) is 11.3 Å². The first-order valence-electron chi connectivity index (χ1n) is 8.84. The van der Waals surface area contributed by atoms with Crippen molar-refractivity contribution in [2.24, 2.45) is 0 Å². The molecule has 3 aromatic carbocycles. The van der Waals surface area contributed by atoms with Crippen LogP contribution in [0.4, 0.5) is 5.88 Å². The van der Waals surface area contributed by atoms with Gasteiger partial charge in [0.2, 0.25) is 11.3 Å². The molecule has 144 valence electrons. The number of fused-ring (bicyclic) bond motifs is 1. The Morgan fingerprint density at radius 3 is 2.55 bits per heavy atom. The number of carbonyl (C=O) groups excluding carboxylic acids is 1. The summed E-state index contributed by atoms with van der Waals surface area (Å²) in [5.74, 6) is 0.205. The van der Waals surface area contributed by atoms with E-state index in [4.69, 9.17) is 20.8 Å². The Bertz CT molecular complexity index is 1270. The lowest BCUT2D eigenvalue weighted by Crippen LogP contribution is -2.16. The molecule has 0 radical (unpaired) electrons. The number of methoxy groups -OCH3 is 1. The van der Waals surface area contributed by atoms with Crippen LogP contribution in [0.1, 0.15) is 10.4 Å². The highest BCUT2D eigenvalue weighted by atomic mass is 35.5. The number of ether oxygens (including phenoxy) is 1. The zero-order chi connectivity index (χ0) is 20.4. The lowest BCUT2D eigenvalue weighted by Gasteiger charge is -2.12. The van der Waals surface area contributed by atoms with Crippen molar-refractivity contribution >= 4 is 34.4 Å². The van der Waals surface area contributed by atoms with E-state index in [1.54, 1.807) is 54.6 Å². The number of anilines is 1. The minimum atomic E-state index is -0.419. The van der Waals surface area contributed by atoms with E-state index in [2.05, 4.69) is 5.32 Å². The van der Waals surface area contributed by atoms with Gasteiger partial charge >= 0.3 is 0 Å². The molecule has 0 spiro atoms. The number of rotatable bonds is 4. The molecule has 4 rings (SSSR count). The normalized spacial score (nSPS) is 10.7. The second-order valence-corrected chi connectivity index (χ2v) is 6.76. The summed E-state index contributed by atoms with van der Waals surface area (Å²) < 4.78 is 11.1. The predicted molar refractivity (Wildman–Crippen MR) is 114 cm³/mol. The first-order chi connectivity index (χ1) is 14.1. The summed E-state index contributed by atoms with van der Waals surface area (Å²) >= 11 is 6.06. The smallest absolute Gasteiger partial charge is 0.258 e. The monoisotopic (exact) mass is 405 g/mol. The Kier molecular flexibility index (Phi) is 5.06. The average Bonchev–Trinajstić information content (AvgIpc) is 2.75. The summed E-state index contributed by atoms with van der Waals surface area (Å²) in [5, 5.41) is 3.50. The molecule has 0 aliphatic heterocycles. The summed E-state index contributed by atoms with van der Waals surface area (Å²) in [5.41, 5.74) is 1.32. The molecule has 6 heteroatoms. The van der Waals surface area contributed by atoms with Gasteiger partial charge in [0.25, 0.3) is 5.91 Å². The number of nitrogens with one attached hydrogen (secondary N) is 1. The largest absolute Gasteiger partial charge is 0.497 e. The van der Waals surface area contributed by atoms with E-state index in [1.807, 2.05) is 18.2 Å². The quantitative estimate of drug-likeness (QED) is 0.495. The Hall–Kier alpha value is -3.57. The zero-order valence-corrected chi connectivity index (χ0v) is 16.2. The van der Waals surface area contributed by atoms with E-state index < -0.39 is 5.91 Å². The van der Waals surface area contributed by atoms with Gasteiger partial charge in [-0.05, 0) is 42.0 Å². The molecular weight excluding hydrogens is 390 g/mol. The van der Waals surface area contributed by atoms with Crippen LogP contribution < -0.4 is 15.5 Å². The van der Waals surface area contributed by atoms with Crippen LogP contribution in [-0.2, 0) is 0 Å². The Balaban J connectivity index is 1.87. The van der Waals surface area contributed by atoms with Crippen LogP contribution in [0, 0.1) is 0 Å². The molecule has 1 N–H and O–H groups in total. The second kappa shape index (κ2) is 7.81. The molecule has 0 saturated carbocycles. The fraction of sp³-hybridized carbons (Fsp3) is 0.0435. The molecule has 0 atom stereocenters. The highest BCUT2D eigenvalue weighted by Crippen LogP contribution is 2.30. The Labute approximate surface area is 171 Å². The van der Waals surface area contributed by atoms with Crippen molar-refractivity contribution in [3.8, 4) is 16.9 Å². The molecule has 4 aromatic rings. The van der Waals surface area contributed by atoms with Crippen molar-refractivity contribution in [3.63, 3.8) is 0 Å². The maximum absolute atomic E-state index is 13.2. The standard InChI is InChI=1S/C23H16ClNO4/c1-28-17-9-5-8-15(12-17)22(27)25-23-20(14-6-3-2-4-7-14)21(26)18-13-16(24)10-11-19(18)29-23/h2-13H,1H3,(H,25,27). The summed E-state index contributed by atoms with van der Waals surface area (Å²) in [6, 6.07) is 20.5. The number of hydrogen-bond acceptors (Lipinski definition) is 4.